The molecule has 1 aromatic rings. The summed E-state index contributed by atoms with van der Waals surface area (Å²) in [5.74, 6) is -0.0101. The fourth-order valence-corrected chi connectivity index (χ4v) is 2.26. The summed E-state index contributed by atoms with van der Waals surface area (Å²) in [7, 11) is 0. The number of hydrogen-bond acceptors (Lipinski definition) is 1. The molecule has 1 rings (SSSR count). The summed E-state index contributed by atoms with van der Waals surface area (Å²) >= 11 is 6.78. The number of halogens is 2. The van der Waals surface area contributed by atoms with Gasteiger partial charge in [0.2, 0.25) is 0 Å². The molecule has 0 heterocycles. The van der Waals surface area contributed by atoms with Gasteiger partial charge in [-0.15, -0.1) is 0 Å². The van der Waals surface area contributed by atoms with Crippen molar-refractivity contribution in [3.8, 4) is 0 Å². The Hall–Kier alpha value is -0.350. The van der Waals surface area contributed by atoms with E-state index in [0.29, 0.717) is 5.56 Å². The first-order chi connectivity index (χ1) is 7.54. The highest BCUT2D eigenvalue weighted by Crippen LogP contribution is 2.17. The van der Waals surface area contributed by atoms with Crippen molar-refractivity contribution in [2.45, 2.75) is 26.3 Å². The van der Waals surface area contributed by atoms with Gasteiger partial charge in [-0.25, -0.2) is 0 Å². The highest BCUT2D eigenvalue weighted by Gasteiger charge is 2.09. The lowest BCUT2D eigenvalue weighted by atomic mass is 10.1. The van der Waals surface area contributed by atoms with Crippen molar-refractivity contribution < 1.29 is 4.79 Å². The van der Waals surface area contributed by atoms with Gasteiger partial charge in [0.05, 0.1) is 0 Å². The van der Waals surface area contributed by atoms with Gasteiger partial charge < -0.3 is 5.32 Å². The minimum atomic E-state index is -0.0101. The van der Waals surface area contributed by atoms with Crippen molar-refractivity contribution in [3.63, 3.8) is 0 Å². The van der Waals surface area contributed by atoms with E-state index in [1.54, 1.807) is 0 Å². The quantitative estimate of drug-likeness (QED) is 0.826. The number of carbonyl (C=O) groups is 1. The van der Waals surface area contributed by atoms with Crippen molar-refractivity contribution in [2.24, 2.45) is 0 Å². The van der Waals surface area contributed by atoms with E-state index in [9.17, 15) is 4.79 Å². The van der Waals surface area contributed by atoms with Gasteiger partial charge >= 0.3 is 0 Å². The van der Waals surface area contributed by atoms with Crippen LogP contribution >= 0.6 is 31.9 Å². The summed E-state index contributed by atoms with van der Waals surface area (Å²) in [5.41, 5.74) is 1.78. The molecular weight excluding hydrogens is 334 g/mol. The van der Waals surface area contributed by atoms with Crippen LogP contribution in [0.25, 0.3) is 0 Å². The molecule has 0 aliphatic rings. The van der Waals surface area contributed by atoms with Gasteiger partial charge in [0.1, 0.15) is 0 Å². The maximum absolute atomic E-state index is 11.9. The fourth-order valence-electron chi connectivity index (χ4n) is 1.33. The molecule has 2 nitrogen and oxygen atoms in total. The molecule has 0 aromatic heterocycles. The standard InChI is InChI=1S/C12H15Br2NO/c1-8-7-10(3-4-11(8)14)12(16)15-9(2)5-6-13/h3-4,7,9H,5-6H2,1-2H3,(H,15,16). The highest BCUT2D eigenvalue weighted by atomic mass is 79.9. The van der Waals surface area contributed by atoms with E-state index in [1.807, 2.05) is 32.0 Å². The third-order valence-corrected chi connectivity index (χ3v) is 3.69. The van der Waals surface area contributed by atoms with Gasteiger partial charge in [-0.1, -0.05) is 31.9 Å². The van der Waals surface area contributed by atoms with E-state index in [1.165, 1.54) is 0 Å². The Bertz CT molecular complexity index is 379. The fraction of sp³-hybridized carbons (Fsp3) is 0.417. The van der Waals surface area contributed by atoms with Crippen molar-refractivity contribution in [1.82, 2.24) is 5.32 Å². The van der Waals surface area contributed by atoms with Crippen molar-refractivity contribution in [1.29, 1.82) is 0 Å². The number of rotatable bonds is 4. The second-order valence-electron chi connectivity index (χ2n) is 3.82. The van der Waals surface area contributed by atoms with Crippen LogP contribution in [0, 0.1) is 6.92 Å². The summed E-state index contributed by atoms with van der Waals surface area (Å²) in [4.78, 5) is 11.9. The summed E-state index contributed by atoms with van der Waals surface area (Å²) in [6.07, 6.45) is 0.932. The second kappa shape index (κ2) is 6.40. The molecule has 16 heavy (non-hydrogen) atoms. The van der Waals surface area contributed by atoms with E-state index in [0.717, 1.165) is 21.8 Å². The van der Waals surface area contributed by atoms with E-state index in [4.69, 9.17) is 0 Å². The SMILES string of the molecule is Cc1cc(C(=O)NC(C)CCBr)ccc1Br. The van der Waals surface area contributed by atoms with Crippen LogP contribution in [-0.2, 0) is 0 Å². The summed E-state index contributed by atoms with van der Waals surface area (Å²) in [6.45, 7) is 3.98. The minimum Gasteiger partial charge on any atom is -0.350 e. The normalized spacial score (nSPS) is 12.2. The van der Waals surface area contributed by atoms with E-state index < -0.39 is 0 Å². The molecule has 0 aliphatic heterocycles. The van der Waals surface area contributed by atoms with E-state index in [2.05, 4.69) is 37.2 Å². The van der Waals surface area contributed by atoms with E-state index in [-0.39, 0.29) is 11.9 Å². The summed E-state index contributed by atoms with van der Waals surface area (Å²) in [5, 5.41) is 3.86. The molecule has 4 heteroatoms. The van der Waals surface area contributed by atoms with Crippen LogP contribution < -0.4 is 5.32 Å². The Kier molecular flexibility index (Phi) is 5.49. The molecule has 0 radical (unpaired) electrons. The third kappa shape index (κ3) is 3.91. The average Bonchev–Trinajstić information content (AvgIpc) is 2.22. The zero-order valence-electron chi connectivity index (χ0n) is 9.39. The first kappa shape index (κ1) is 13.7. The molecular formula is C12H15Br2NO. The van der Waals surface area contributed by atoms with Gasteiger partial charge in [-0.3, -0.25) is 4.79 Å². The van der Waals surface area contributed by atoms with Crippen molar-refractivity contribution in [2.75, 3.05) is 5.33 Å². The first-order valence-electron chi connectivity index (χ1n) is 5.17. The number of carbonyl (C=O) groups excluding carboxylic acids is 1. The first-order valence-corrected chi connectivity index (χ1v) is 7.09. The number of alkyl halides is 1. The van der Waals surface area contributed by atoms with Crippen molar-refractivity contribution >= 4 is 37.8 Å². The Morgan fingerprint density at radius 3 is 2.75 bits per heavy atom. The van der Waals surface area contributed by atoms with Gasteiger partial charge in [-0.2, -0.15) is 0 Å². The van der Waals surface area contributed by atoms with Crippen LogP contribution in [0.4, 0.5) is 0 Å². The lowest BCUT2D eigenvalue weighted by Crippen LogP contribution is -2.32. The molecule has 0 spiro atoms. The number of benzene rings is 1. The van der Waals surface area contributed by atoms with Crippen molar-refractivity contribution in [3.05, 3.63) is 33.8 Å². The number of aryl methyl sites for hydroxylation is 1. The third-order valence-electron chi connectivity index (χ3n) is 2.34. The largest absolute Gasteiger partial charge is 0.350 e. The molecule has 0 bridgehead atoms. The minimum absolute atomic E-state index is 0.0101. The Balaban J connectivity index is 2.69. The molecule has 88 valence electrons. The Morgan fingerprint density at radius 1 is 1.50 bits per heavy atom. The molecule has 1 amide bonds. The smallest absolute Gasteiger partial charge is 0.251 e. The molecule has 1 unspecified atom stereocenters. The number of nitrogens with one attached hydrogen (secondary N) is 1. The van der Waals surface area contributed by atoms with Crippen LogP contribution in [0.2, 0.25) is 0 Å². The summed E-state index contributed by atoms with van der Waals surface area (Å²) < 4.78 is 1.03. The highest BCUT2D eigenvalue weighted by molar-refractivity contribution is 9.10. The zero-order chi connectivity index (χ0) is 12.1. The second-order valence-corrected chi connectivity index (χ2v) is 5.46. The Morgan fingerprint density at radius 2 is 2.19 bits per heavy atom. The molecule has 0 saturated heterocycles. The molecule has 1 atom stereocenters. The lowest BCUT2D eigenvalue weighted by molar-refractivity contribution is 0.0939. The number of amides is 1. The van der Waals surface area contributed by atoms with Crippen LogP contribution in [0.3, 0.4) is 0 Å². The van der Waals surface area contributed by atoms with Gasteiger partial charge in [0.25, 0.3) is 5.91 Å². The zero-order valence-corrected chi connectivity index (χ0v) is 12.6. The van der Waals surface area contributed by atoms with Gasteiger partial charge in [-0.05, 0) is 44.0 Å². The Labute approximate surface area is 113 Å². The van der Waals surface area contributed by atoms with Gasteiger partial charge in [0.15, 0.2) is 0 Å². The predicted molar refractivity (Wildman–Crippen MR) is 74.2 cm³/mol. The predicted octanol–water partition coefficient (Wildman–Crippen LogP) is 3.66. The maximum Gasteiger partial charge on any atom is 0.251 e. The summed E-state index contributed by atoms with van der Waals surface area (Å²) in [6, 6.07) is 5.81. The average molecular weight is 349 g/mol. The van der Waals surface area contributed by atoms with Crippen LogP contribution in [-0.4, -0.2) is 17.3 Å². The van der Waals surface area contributed by atoms with E-state index >= 15 is 0 Å². The molecule has 1 aromatic carbocycles. The topological polar surface area (TPSA) is 29.1 Å². The van der Waals surface area contributed by atoms with Crippen LogP contribution in [0.1, 0.15) is 29.3 Å². The molecule has 0 fully saturated rings. The molecule has 1 N–H and O–H groups in total. The van der Waals surface area contributed by atoms with Crippen LogP contribution in [0.15, 0.2) is 22.7 Å². The number of hydrogen-bond donors (Lipinski definition) is 1. The monoisotopic (exact) mass is 347 g/mol. The van der Waals surface area contributed by atoms with Gasteiger partial charge in [0, 0.05) is 21.4 Å². The maximum atomic E-state index is 11.9. The lowest BCUT2D eigenvalue weighted by Gasteiger charge is -2.12. The van der Waals surface area contributed by atoms with Crippen LogP contribution in [0.5, 0.6) is 0 Å². The molecule has 0 saturated carbocycles. The molecule has 0 aliphatic carbocycles.